The summed E-state index contributed by atoms with van der Waals surface area (Å²) >= 11 is 0. The molecule has 8 heteroatoms. The smallest absolute Gasteiger partial charge is 0.320 e. The van der Waals surface area contributed by atoms with Crippen LogP contribution in [0.1, 0.15) is 25.3 Å². The highest BCUT2D eigenvalue weighted by atomic mass is 35.5. The maximum Gasteiger partial charge on any atom is 0.320 e. The first kappa shape index (κ1) is 22.6. The number of rotatable bonds is 6. The van der Waals surface area contributed by atoms with Crippen LogP contribution < -0.4 is 10.7 Å². The number of hydrogen-bond acceptors (Lipinski definition) is 6. The van der Waals surface area contributed by atoms with Gasteiger partial charge in [-0.15, -0.1) is 12.4 Å². The Kier molecular flexibility index (Phi) is 8.69. The van der Waals surface area contributed by atoms with E-state index in [9.17, 15) is 9.59 Å². The van der Waals surface area contributed by atoms with Crippen molar-refractivity contribution in [3.63, 3.8) is 0 Å². The van der Waals surface area contributed by atoms with Crippen molar-refractivity contribution in [3.8, 4) is 0 Å². The lowest BCUT2D eigenvalue weighted by Gasteiger charge is -2.40. The number of benzene rings is 1. The molecule has 0 aromatic heterocycles. The van der Waals surface area contributed by atoms with Crippen molar-refractivity contribution >= 4 is 24.3 Å². The summed E-state index contributed by atoms with van der Waals surface area (Å²) in [7, 11) is 0. The van der Waals surface area contributed by atoms with Crippen LogP contribution in [0, 0.1) is 0 Å². The molecule has 2 saturated heterocycles. The van der Waals surface area contributed by atoms with Crippen molar-refractivity contribution in [1.29, 1.82) is 0 Å². The highest BCUT2D eigenvalue weighted by Gasteiger charge is 2.41. The van der Waals surface area contributed by atoms with E-state index in [1.807, 2.05) is 30.1 Å². The third-order valence-electron chi connectivity index (χ3n) is 5.51. The lowest BCUT2D eigenvalue weighted by molar-refractivity contribution is -0.145. The first-order valence-electron chi connectivity index (χ1n) is 9.84. The summed E-state index contributed by atoms with van der Waals surface area (Å²) in [5.41, 5.74) is 3.76. The highest BCUT2D eigenvalue weighted by Crippen LogP contribution is 2.33. The van der Waals surface area contributed by atoms with E-state index in [2.05, 4.69) is 27.8 Å². The zero-order valence-electron chi connectivity index (χ0n) is 16.5. The van der Waals surface area contributed by atoms with E-state index >= 15 is 0 Å². The average molecular weight is 411 g/mol. The molecule has 3 rings (SSSR count). The standard InChI is InChI=1S/C20H30N4O3.ClH/c1-2-27-18(25)16-23-12-14-24(15-13-23)22-19(26)20(8-10-21-11-9-20)17-6-4-3-5-7-17;/h3-7,21H,2,8-16H2,1H3,(H,22,26);1H. The minimum atomic E-state index is -0.478. The zero-order valence-corrected chi connectivity index (χ0v) is 17.3. The second-order valence-electron chi connectivity index (χ2n) is 7.21. The molecule has 0 radical (unpaired) electrons. The van der Waals surface area contributed by atoms with E-state index in [1.54, 1.807) is 0 Å². The van der Waals surface area contributed by atoms with Gasteiger partial charge in [-0.3, -0.25) is 19.9 Å². The van der Waals surface area contributed by atoms with Crippen LogP contribution in [0.15, 0.2) is 30.3 Å². The number of hydrogen-bond donors (Lipinski definition) is 2. The van der Waals surface area contributed by atoms with Crippen LogP contribution in [0.5, 0.6) is 0 Å². The van der Waals surface area contributed by atoms with Crippen molar-refractivity contribution in [2.24, 2.45) is 0 Å². The third-order valence-corrected chi connectivity index (χ3v) is 5.51. The molecule has 0 atom stereocenters. The normalized spacial score (nSPS) is 20.0. The molecule has 2 aliphatic rings. The first-order chi connectivity index (χ1) is 13.1. The Balaban J connectivity index is 0.00000280. The SMILES string of the molecule is CCOC(=O)CN1CCN(NC(=O)C2(c3ccccc3)CCNCC2)CC1.Cl. The number of carbonyl (C=O) groups is 2. The number of amides is 1. The fourth-order valence-corrected chi connectivity index (χ4v) is 3.92. The summed E-state index contributed by atoms with van der Waals surface area (Å²) in [5.74, 6) is -0.109. The molecule has 0 bridgehead atoms. The Morgan fingerprint density at radius 2 is 1.75 bits per heavy atom. The lowest BCUT2D eigenvalue weighted by atomic mass is 9.72. The number of nitrogens with one attached hydrogen (secondary N) is 2. The average Bonchev–Trinajstić information content (AvgIpc) is 2.71. The predicted octanol–water partition coefficient (Wildman–Crippen LogP) is 0.942. The monoisotopic (exact) mass is 410 g/mol. The van der Waals surface area contributed by atoms with Gasteiger partial charge in [0.1, 0.15) is 0 Å². The van der Waals surface area contributed by atoms with Gasteiger partial charge in [-0.2, -0.15) is 0 Å². The second kappa shape index (κ2) is 10.8. The Morgan fingerprint density at radius 3 is 2.36 bits per heavy atom. The van der Waals surface area contributed by atoms with E-state index in [4.69, 9.17) is 4.74 Å². The van der Waals surface area contributed by atoms with Crippen molar-refractivity contribution in [2.45, 2.75) is 25.2 Å². The number of ether oxygens (including phenoxy) is 1. The Morgan fingerprint density at radius 1 is 1.11 bits per heavy atom. The van der Waals surface area contributed by atoms with Gasteiger partial charge in [-0.05, 0) is 38.4 Å². The van der Waals surface area contributed by atoms with Gasteiger partial charge in [-0.25, -0.2) is 5.01 Å². The second-order valence-corrected chi connectivity index (χ2v) is 7.21. The van der Waals surface area contributed by atoms with Crippen molar-refractivity contribution < 1.29 is 14.3 Å². The minimum Gasteiger partial charge on any atom is -0.465 e. The fourth-order valence-electron chi connectivity index (χ4n) is 3.92. The van der Waals surface area contributed by atoms with Gasteiger partial charge >= 0.3 is 5.97 Å². The molecule has 0 saturated carbocycles. The molecule has 0 unspecified atom stereocenters. The summed E-state index contributed by atoms with van der Waals surface area (Å²) < 4.78 is 5.01. The molecule has 1 amide bonds. The molecule has 0 aliphatic carbocycles. The molecule has 2 heterocycles. The van der Waals surface area contributed by atoms with Gasteiger partial charge in [0.2, 0.25) is 5.91 Å². The maximum atomic E-state index is 13.3. The first-order valence-corrected chi connectivity index (χ1v) is 9.84. The Hall–Kier alpha value is -1.67. The number of carbonyl (C=O) groups excluding carboxylic acids is 2. The zero-order chi connectivity index (χ0) is 19.1. The van der Waals surface area contributed by atoms with Crippen LogP contribution in [-0.4, -0.2) is 74.2 Å². The molecule has 1 aromatic rings. The van der Waals surface area contributed by atoms with Crippen LogP contribution in [0.4, 0.5) is 0 Å². The molecular formula is C20H31ClN4O3. The summed E-state index contributed by atoms with van der Waals surface area (Å²) in [6, 6.07) is 10.1. The van der Waals surface area contributed by atoms with Gasteiger partial charge in [0.05, 0.1) is 18.6 Å². The Labute approximate surface area is 173 Å². The van der Waals surface area contributed by atoms with Crippen LogP contribution in [-0.2, 0) is 19.7 Å². The topological polar surface area (TPSA) is 73.9 Å². The molecule has 2 fully saturated rings. The largest absolute Gasteiger partial charge is 0.465 e. The van der Waals surface area contributed by atoms with Crippen molar-refractivity contribution in [2.75, 3.05) is 52.4 Å². The number of nitrogens with zero attached hydrogens (tertiary/aromatic N) is 2. The van der Waals surface area contributed by atoms with Gasteiger partial charge in [0.25, 0.3) is 0 Å². The molecule has 1 aromatic carbocycles. The van der Waals surface area contributed by atoms with E-state index in [1.165, 1.54) is 0 Å². The van der Waals surface area contributed by atoms with E-state index < -0.39 is 5.41 Å². The van der Waals surface area contributed by atoms with Gasteiger partial charge in [0, 0.05) is 26.2 Å². The third kappa shape index (κ3) is 5.44. The molecule has 7 nitrogen and oxygen atoms in total. The van der Waals surface area contributed by atoms with Gasteiger partial charge in [0.15, 0.2) is 0 Å². The molecule has 0 spiro atoms. The molecular weight excluding hydrogens is 380 g/mol. The summed E-state index contributed by atoms with van der Waals surface area (Å²) in [4.78, 5) is 27.0. The van der Waals surface area contributed by atoms with Gasteiger partial charge < -0.3 is 10.1 Å². The number of esters is 1. The van der Waals surface area contributed by atoms with E-state index in [0.29, 0.717) is 26.2 Å². The molecule has 156 valence electrons. The van der Waals surface area contributed by atoms with Crippen molar-refractivity contribution in [3.05, 3.63) is 35.9 Å². The Bertz CT molecular complexity index is 630. The van der Waals surface area contributed by atoms with Crippen LogP contribution in [0.2, 0.25) is 0 Å². The fraction of sp³-hybridized carbons (Fsp3) is 0.600. The minimum absolute atomic E-state index is 0. The van der Waals surface area contributed by atoms with Crippen molar-refractivity contribution in [1.82, 2.24) is 20.7 Å². The van der Waals surface area contributed by atoms with E-state index in [0.717, 1.165) is 44.6 Å². The number of halogens is 1. The number of piperazine rings is 1. The summed E-state index contributed by atoms with van der Waals surface area (Å²) in [5, 5.41) is 5.34. The maximum absolute atomic E-state index is 13.3. The molecule has 2 aliphatic heterocycles. The molecule has 2 N–H and O–H groups in total. The highest BCUT2D eigenvalue weighted by molar-refractivity contribution is 5.88. The van der Waals surface area contributed by atoms with Gasteiger partial charge in [-0.1, -0.05) is 30.3 Å². The lowest BCUT2D eigenvalue weighted by Crippen LogP contribution is -2.59. The van der Waals surface area contributed by atoms with Crippen LogP contribution in [0.25, 0.3) is 0 Å². The quantitative estimate of drug-likeness (QED) is 0.680. The van der Waals surface area contributed by atoms with E-state index in [-0.39, 0.29) is 24.3 Å². The summed E-state index contributed by atoms with van der Waals surface area (Å²) in [6.07, 6.45) is 1.59. The number of piperidine rings is 1. The summed E-state index contributed by atoms with van der Waals surface area (Å²) in [6.45, 7) is 7.10. The number of hydrazine groups is 1. The molecule has 28 heavy (non-hydrogen) atoms. The van der Waals surface area contributed by atoms with Crippen LogP contribution >= 0.6 is 12.4 Å². The van der Waals surface area contributed by atoms with Crippen LogP contribution in [0.3, 0.4) is 0 Å². The predicted molar refractivity (Wildman–Crippen MR) is 110 cm³/mol.